The molecule has 0 amide bonds. The number of carbonyl (C=O) groups excluding carboxylic acids is 1. The molecule has 0 aromatic heterocycles. The van der Waals surface area contributed by atoms with Crippen molar-refractivity contribution in [2.45, 2.75) is 26.3 Å². The van der Waals surface area contributed by atoms with Crippen LogP contribution in [0.25, 0.3) is 0 Å². The molecule has 0 bridgehead atoms. The molecule has 0 aliphatic heterocycles. The predicted molar refractivity (Wildman–Crippen MR) is 43.4 cm³/mol. The number of hydrogen-bond donors (Lipinski definition) is 0. The average molecular weight is 139 g/mol. The molecule has 1 atom stereocenters. The maximum absolute atomic E-state index is 10.2. The van der Waals surface area contributed by atoms with Crippen LogP contribution in [0.5, 0.6) is 0 Å². The summed E-state index contributed by atoms with van der Waals surface area (Å²) in [5, 5.41) is 0. The number of rotatable bonds is 4. The van der Waals surface area contributed by atoms with Gasteiger partial charge in [-0.1, -0.05) is 13.5 Å². The highest BCUT2D eigenvalue weighted by atomic mass is 16.1. The lowest BCUT2D eigenvalue weighted by molar-refractivity contribution is -0.102. The van der Waals surface area contributed by atoms with E-state index >= 15 is 0 Å². The van der Waals surface area contributed by atoms with Crippen LogP contribution in [0, 0.1) is 0 Å². The monoisotopic (exact) mass is 139 g/mol. The summed E-state index contributed by atoms with van der Waals surface area (Å²) in [4.78, 5) is 14.2. The first-order chi connectivity index (χ1) is 4.74. The van der Waals surface area contributed by atoms with Gasteiger partial charge < -0.3 is 0 Å². The van der Waals surface area contributed by atoms with E-state index in [-0.39, 0.29) is 6.04 Å². The van der Waals surface area contributed by atoms with Crippen molar-refractivity contribution in [3.8, 4) is 0 Å². The van der Waals surface area contributed by atoms with Crippen LogP contribution in [0.3, 0.4) is 0 Å². The lowest BCUT2D eigenvalue weighted by atomic mass is 10.2. The molecule has 2 heteroatoms. The van der Waals surface area contributed by atoms with Crippen molar-refractivity contribution in [1.29, 1.82) is 0 Å². The van der Waals surface area contributed by atoms with Crippen molar-refractivity contribution in [2.24, 2.45) is 4.99 Å². The summed E-state index contributed by atoms with van der Waals surface area (Å²) >= 11 is 0. The number of hydrogen-bond acceptors (Lipinski definition) is 2. The summed E-state index contributed by atoms with van der Waals surface area (Å²) in [7, 11) is 0. The zero-order valence-electron chi connectivity index (χ0n) is 6.50. The Morgan fingerprint density at radius 1 is 1.80 bits per heavy atom. The number of aldehydes is 1. The van der Waals surface area contributed by atoms with E-state index in [1.807, 2.05) is 13.8 Å². The second-order valence-electron chi connectivity index (χ2n) is 2.13. The highest BCUT2D eigenvalue weighted by Crippen LogP contribution is 1.94. The third kappa shape index (κ3) is 3.17. The normalized spacial score (nSPS) is 14.4. The van der Waals surface area contributed by atoms with E-state index < -0.39 is 0 Å². The molecule has 56 valence electrons. The summed E-state index contributed by atoms with van der Waals surface area (Å²) in [6.45, 7) is 7.45. The average Bonchev–Trinajstić information content (AvgIpc) is 1.99. The van der Waals surface area contributed by atoms with E-state index in [2.05, 4.69) is 11.6 Å². The van der Waals surface area contributed by atoms with E-state index in [1.165, 1.54) is 6.08 Å². The Kier molecular flexibility index (Phi) is 4.46. The minimum Gasteiger partial charge on any atom is -0.296 e. The summed E-state index contributed by atoms with van der Waals surface area (Å²) in [5.74, 6) is 0. The first-order valence-corrected chi connectivity index (χ1v) is 3.40. The number of carbonyl (C=O) groups is 1. The van der Waals surface area contributed by atoms with Crippen molar-refractivity contribution in [3.63, 3.8) is 0 Å². The lowest BCUT2D eigenvalue weighted by Gasteiger charge is -1.99. The number of nitrogens with zero attached hydrogens (tertiary/aromatic N) is 1. The van der Waals surface area contributed by atoms with E-state index in [1.54, 1.807) is 0 Å². The predicted octanol–water partition coefficient (Wildman–Crippen LogP) is 1.61. The summed E-state index contributed by atoms with van der Waals surface area (Å²) in [6, 6.07) is 0.221. The van der Waals surface area contributed by atoms with Gasteiger partial charge in [0.15, 0.2) is 6.29 Å². The Bertz CT molecular complexity index is 139. The van der Waals surface area contributed by atoms with Gasteiger partial charge in [0.25, 0.3) is 0 Å². The van der Waals surface area contributed by atoms with Gasteiger partial charge in [-0.3, -0.25) is 9.79 Å². The van der Waals surface area contributed by atoms with Gasteiger partial charge in [-0.25, -0.2) is 0 Å². The minimum atomic E-state index is 0.221. The topological polar surface area (TPSA) is 29.4 Å². The molecule has 10 heavy (non-hydrogen) atoms. The van der Waals surface area contributed by atoms with Gasteiger partial charge in [0.2, 0.25) is 0 Å². The van der Waals surface area contributed by atoms with Gasteiger partial charge in [-0.15, -0.1) is 0 Å². The fraction of sp³-hybridized carbons (Fsp3) is 0.500. The van der Waals surface area contributed by atoms with E-state index in [0.29, 0.717) is 5.71 Å². The summed E-state index contributed by atoms with van der Waals surface area (Å²) in [5.41, 5.74) is 0.439. The van der Waals surface area contributed by atoms with Crippen LogP contribution in [-0.4, -0.2) is 18.0 Å². The zero-order valence-corrected chi connectivity index (χ0v) is 6.50. The Labute approximate surface area is 61.7 Å². The SMILES string of the molecule is C=C/C(C=O)=N\C(C)CC. The molecule has 0 aromatic rings. The molecule has 0 radical (unpaired) electrons. The molecule has 0 saturated heterocycles. The second-order valence-corrected chi connectivity index (χ2v) is 2.13. The molecule has 0 rings (SSSR count). The molecule has 0 heterocycles. The van der Waals surface area contributed by atoms with Crippen molar-refractivity contribution < 1.29 is 4.79 Å². The third-order valence-electron chi connectivity index (χ3n) is 1.29. The van der Waals surface area contributed by atoms with E-state index in [9.17, 15) is 4.79 Å². The molecular weight excluding hydrogens is 126 g/mol. The van der Waals surface area contributed by atoms with Gasteiger partial charge in [-0.05, 0) is 19.4 Å². The molecule has 0 aliphatic carbocycles. The molecule has 0 fully saturated rings. The fourth-order valence-electron chi connectivity index (χ4n) is 0.477. The van der Waals surface area contributed by atoms with Crippen LogP contribution in [0.15, 0.2) is 17.6 Å². The molecule has 1 unspecified atom stereocenters. The maximum Gasteiger partial charge on any atom is 0.167 e. The molecule has 0 spiro atoms. The molecule has 0 saturated carbocycles. The van der Waals surface area contributed by atoms with Crippen LogP contribution in [-0.2, 0) is 4.79 Å². The third-order valence-corrected chi connectivity index (χ3v) is 1.29. The quantitative estimate of drug-likeness (QED) is 0.430. The van der Waals surface area contributed by atoms with Crippen LogP contribution >= 0.6 is 0 Å². The Balaban J connectivity index is 4.08. The molecule has 0 N–H and O–H groups in total. The van der Waals surface area contributed by atoms with Crippen LogP contribution in [0.1, 0.15) is 20.3 Å². The molecule has 2 nitrogen and oxygen atoms in total. The van der Waals surface area contributed by atoms with Gasteiger partial charge in [-0.2, -0.15) is 0 Å². The first-order valence-electron chi connectivity index (χ1n) is 3.40. The number of aliphatic imine (C=N–C) groups is 1. The highest BCUT2D eigenvalue weighted by Gasteiger charge is 1.94. The minimum absolute atomic E-state index is 0.221. The Hall–Kier alpha value is -0.920. The van der Waals surface area contributed by atoms with Crippen molar-refractivity contribution in [1.82, 2.24) is 0 Å². The molecule has 0 aliphatic rings. The second kappa shape index (κ2) is 4.91. The largest absolute Gasteiger partial charge is 0.296 e. The Morgan fingerprint density at radius 3 is 2.70 bits per heavy atom. The van der Waals surface area contributed by atoms with Crippen LogP contribution in [0.4, 0.5) is 0 Å². The van der Waals surface area contributed by atoms with E-state index in [4.69, 9.17) is 0 Å². The maximum atomic E-state index is 10.2. The lowest BCUT2D eigenvalue weighted by Crippen LogP contribution is -2.02. The van der Waals surface area contributed by atoms with Crippen molar-refractivity contribution in [2.75, 3.05) is 0 Å². The smallest absolute Gasteiger partial charge is 0.167 e. The van der Waals surface area contributed by atoms with Gasteiger partial charge >= 0.3 is 0 Å². The summed E-state index contributed by atoms with van der Waals surface area (Å²) in [6.07, 6.45) is 3.14. The Morgan fingerprint density at radius 2 is 2.40 bits per heavy atom. The van der Waals surface area contributed by atoms with Crippen molar-refractivity contribution >= 4 is 12.0 Å². The van der Waals surface area contributed by atoms with Gasteiger partial charge in [0, 0.05) is 6.04 Å². The van der Waals surface area contributed by atoms with Gasteiger partial charge in [0.05, 0.1) is 5.71 Å². The first kappa shape index (κ1) is 9.08. The van der Waals surface area contributed by atoms with Crippen LogP contribution in [0.2, 0.25) is 0 Å². The molecule has 0 aromatic carbocycles. The zero-order chi connectivity index (χ0) is 7.98. The van der Waals surface area contributed by atoms with Gasteiger partial charge in [0.1, 0.15) is 0 Å². The summed E-state index contributed by atoms with van der Waals surface area (Å²) < 4.78 is 0. The molecular formula is C8H13NO. The van der Waals surface area contributed by atoms with E-state index in [0.717, 1.165) is 12.7 Å². The van der Waals surface area contributed by atoms with Crippen molar-refractivity contribution in [3.05, 3.63) is 12.7 Å². The van der Waals surface area contributed by atoms with Crippen LogP contribution < -0.4 is 0 Å². The standard InChI is InChI=1S/C8H13NO/c1-4-7(3)9-8(5-2)6-10/h5-7H,2,4H2,1,3H3/b9-8+. The fourth-order valence-corrected chi connectivity index (χ4v) is 0.477. The number of allylic oxidation sites excluding steroid dienone is 1. The highest BCUT2D eigenvalue weighted by molar-refractivity contribution is 6.33.